The molecule has 0 atom stereocenters. The van der Waals surface area contributed by atoms with Crippen LogP contribution in [0.15, 0.2) is 52.4 Å². The second-order valence-corrected chi connectivity index (χ2v) is 7.23. The maximum absolute atomic E-state index is 13.2. The average molecular weight is 422 g/mol. The molecule has 1 N–H and O–H groups in total. The van der Waals surface area contributed by atoms with Crippen LogP contribution in [0, 0.1) is 5.82 Å². The highest BCUT2D eigenvalue weighted by Gasteiger charge is 2.14. The number of benzene rings is 2. The Morgan fingerprint density at radius 2 is 2.14 bits per heavy atom. The summed E-state index contributed by atoms with van der Waals surface area (Å²) in [5, 5.41) is 3.90. The summed E-state index contributed by atoms with van der Waals surface area (Å²) in [5.41, 5.74) is 0.589. The third-order valence-electron chi connectivity index (χ3n) is 3.84. The lowest BCUT2D eigenvalue weighted by Crippen LogP contribution is -2.26. The van der Waals surface area contributed by atoms with Crippen LogP contribution in [0.25, 0.3) is 10.9 Å². The topological polar surface area (TPSA) is 73.2 Å². The number of methoxy groups -OCH3 is 1. The fourth-order valence-corrected chi connectivity index (χ4v) is 3.55. The Bertz CT molecular complexity index is 1070. The van der Waals surface area contributed by atoms with Crippen molar-refractivity contribution in [2.75, 3.05) is 24.8 Å². The minimum Gasteiger partial charge on any atom is -0.383 e. The van der Waals surface area contributed by atoms with E-state index in [1.165, 1.54) is 22.8 Å². The summed E-state index contributed by atoms with van der Waals surface area (Å²) in [6.07, 6.45) is 0. The van der Waals surface area contributed by atoms with Gasteiger partial charge in [-0.1, -0.05) is 29.4 Å². The van der Waals surface area contributed by atoms with Gasteiger partial charge >= 0.3 is 0 Å². The number of nitrogens with zero attached hydrogens (tertiary/aromatic N) is 2. The fraction of sp³-hybridized carbons (Fsp3) is 0.211. The summed E-state index contributed by atoms with van der Waals surface area (Å²) >= 11 is 7.12. The summed E-state index contributed by atoms with van der Waals surface area (Å²) in [7, 11) is 1.54. The highest BCUT2D eigenvalue weighted by molar-refractivity contribution is 7.99. The van der Waals surface area contributed by atoms with Crippen LogP contribution >= 0.6 is 23.4 Å². The van der Waals surface area contributed by atoms with E-state index in [1.54, 1.807) is 31.4 Å². The molecule has 0 aliphatic carbocycles. The standard InChI is InChI=1S/C19H17ClFN3O3S/c1-27-8-7-24-18(26)15-6-5-12(20)9-16(15)23-19(24)28-11-17(25)22-14-4-2-3-13(21)10-14/h2-6,9-10H,7-8,11H2,1H3,(H,22,25). The van der Waals surface area contributed by atoms with Gasteiger partial charge in [0.2, 0.25) is 5.91 Å². The molecular weight excluding hydrogens is 405 g/mol. The molecule has 0 aliphatic heterocycles. The van der Waals surface area contributed by atoms with Gasteiger partial charge in [0.05, 0.1) is 29.8 Å². The normalized spacial score (nSPS) is 11.0. The molecule has 6 nitrogen and oxygen atoms in total. The number of thioether (sulfide) groups is 1. The molecule has 1 aromatic heterocycles. The Morgan fingerprint density at radius 3 is 2.89 bits per heavy atom. The van der Waals surface area contributed by atoms with Crippen LogP contribution in [-0.2, 0) is 16.1 Å². The zero-order valence-electron chi connectivity index (χ0n) is 14.9. The van der Waals surface area contributed by atoms with Gasteiger partial charge in [0.1, 0.15) is 5.82 Å². The van der Waals surface area contributed by atoms with E-state index in [1.807, 2.05) is 0 Å². The lowest BCUT2D eigenvalue weighted by Gasteiger charge is -2.13. The minimum atomic E-state index is -0.438. The van der Waals surface area contributed by atoms with Crippen molar-refractivity contribution in [2.24, 2.45) is 0 Å². The number of ether oxygens (including phenoxy) is 1. The third-order valence-corrected chi connectivity index (χ3v) is 5.05. The number of rotatable bonds is 7. The summed E-state index contributed by atoms with van der Waals surface area (Å²) in [6, 6.07) is 10.5. The van der Waals surface area contributed by atoms with Crippen LogP contribution in [0.2, 0.25) is 5.02 Å². The molecule has 0 radical (unpaired) electrons. The van der Waals surface area contributed by atoms with Crippen LogP contribution in [0.5, 0.6) is 0 Å². The number of anilines is 1. The largest absolute Gasteiger partial charge is 0.383 e. The SMILES string of the molecule is COCCn1c(SCC(=O)Nc2cccc(F)c2)nc2cc(Cl)ccc2c1=O. The zero-order valence-corrected chi connectivity index (χ0v) is 16.5. The Kier molecular flexibility index (Phi) is 6.66. The van der Waals surface area contributed by atoms with Crippen LogP contribution in [0.1, 0.15) is 0 Å². The van der Waals surface area contributed by atoms with Gasteiger partial charge < -0.3 is 10.1 Å². The number of amides is 1. The average Bonchev–Trinajstić information content (AvgIpc) is 2.65. The Morgan fingerprint density at radius 1 is 1.32 bits per heavy atom. The van der Waals surface area contributed by atoms with Crippen molar-refractivity contribution in [1.29, 1.82) is 0 Å². The Hall–Kier alpha value is -2.42. The van der Waals surface area contributed by atoms with E-state index in [9.17, 15) is 14.0 Å². The second kappa shape index (κ2) is 9.18. The molecule has 146 valence electrons. The number of fused-ring (bicyclic) bond motifs is 1. The predicted molar refractivity (Wildman–Crippen MR) is 109 cm³/mol. The lowest BCUT2D eigenvalue weighted by atomic mass is 10.2. The van der Waals surface area contributed by atoms with Crippen LogP contribution in [0.4, 0.5) is 10.1 Å². The van der Waals surface area contributed by atoms with Crippen molar-refractivity contribution in [3.63, 3.8) is 0 Å². The molecule has 28 heavy (non-hydrogen) atoms. The zero-order chi connectivity index (χ0) is 20.1. The first kappa shape index (κ1) is 20.3. The van der Waals surface area contributed by atoms with Gasteiger partial charge in [-0.15, -0.1) is 0 Å². The van der Waals surface area contributed by atoms with E-state index in [4.69, 9.17) is 16.3 Å². The summed E-state index contributed by atoms with van der Waals surface area (Å²) in [6.45, 7) is 0.623. The Labute approximate surface area is 169 Å². The molecule has 0 bridgehead atoms. The molecule has 2 aromatic carbocycles. The van der Waals surface area contributed by atoms with Crippen molar-refractivity contribution in [2.45, 2.75) is 11.7 Å². The van der Waals surface area contributed by atoms with E-state index in [0.29, 0.717) is 39.9 Å². The number of nitrogens with one attached hydrogen (secondary N) is 1. The fourth-order valence-electron chi connectivity index (χ4n) is 2.56. The first-order valence-corrected chi connectivity index (χ1v) is 9.71. The van der Waals surface area contributed by atoms with Gasteiger partial charge in [0.15, 0.2) is 5.16 Å². The van der Waals surface area contributed by atoms with E-state index in [2.05, 4.69) is 10.3 Å². The Balaban J connectivity index is 1.84. The number of halogens is 2. The van der Waals surface area contributed by atoms with Gasteiger partial charge in [-0.05, 0) is 36.4 Å². The van der Waals surface area contributed by atoms with Crippen molar-refractivity contribution in [1.82, 2.24) is 9.55 Å². The number of hydrogen-bond acceptors (Lipinski definition) is 5. The molecule has 0 fully saturated rings. The van der Waals surface area contributed by atoms with Gasteiger partial charge in [0, 0.05) is 17.8 Å². The van der Waals surface area contributed by atoms with Crippen LogP contribution in [0.3, 0.4) is 0 Å². The van der Waals surface area contributed by atoms with E-state index in [-0.39, 0.29) is 17.2 Å². The van der Waals surface area contributed by atoms with Gasteiger partial charge in [-0.3, -0.25) is 14.2 Å². The van der Waals surface area contributed by atoms with Gasteiger partial charge in [-0.25, -0.2) is 9.37 Å². The molecule has 0 saturated heterocycles. The first-order valence-electron chi connectivity index (χ1n) is 8.35. The molecule has 3 rings (SSSR count). The molecule has 1 amide bonds. The molecular formula is C19H17ClFN3O3S. The molecule has 0 spiro atoms. The second-order valence-electron chi connectivity index (χ2n) is 5.85. The monoisotopic (exact) mass is 421 g/mol. The minimum absolute atomic E-state index is 0.00199. The van der Waals surface area contributed by atoms with E-state index >= 15 is 0 Å². The van der Waals surface area contributed by atoms with Gasteiger partial charge in [0.25, 0.3) is 5.56 Å². The number of carbonyl (C=O) groups is 1. The molecule has 1 heterocycles. The number of aromatic nitrogens is 2. The maximum Gasteiger partial charge on any atom is 0.262 e. The van der Waals surface area contributed by atoms with Crippen LogP contribution < -0.4 is 10.9 Å². The van der Waals surface area contributed by atoms with E-state index < -0.39 is 5.82 Å². The summed E-state index contributed by atoms with van der Waals surface area (Å²) in [5.74, 6) is -0.775. The van der Waals surface area contributed by atoms with Crippen molar-refractivity contribution < 1.29 is 13.9 Å². The lowest BCUT2D eigenvalue weighted by molar-refractivity contribution is -0.113. The van der Waals surface area contributed by atoms with Crippen LogP contribution in [-0.4, -0.2) is 34.9 Å². The van der Waals surface area contributed by atoms with Crippen molar-refractivity contribution in [3.8, 4) is 0 Å². The molecule has 9 heteroatoms. The quantitative estimate of drug-likeness (QED) is 0.466. The van der Waals surface area contributed by atoms with Crippen molar-refractivity contribution >= 4 is 45.9 Å². The van der Waals surface area contributed by atoms with E-state index in [0.717, 1.165) is 11.8 Å². The highest BCUT2D eigenvalue weighted by atomic mass is 35.5. The molecule has 0 saturated carbocycles. The smallest absolute Gasteiger partial charge is 0.262 e. The van der Waals surface area contributed by atoms with Crippen molar-refractivity contribution in [3.05, 3.63) is 63.7 Å². The molecule has 0 unspecified atom stereocenters. The number of hydrogen-bond donors (Lipinski definition) is 1. The predicted octanol–water partition coefficient (Wildman–Crippen LogP) is 3.57. The third kappa shape index (κ3) is 4.89. The van der Waals surface area contributed by atoms with Gasteiger partial charge in [-0.2, -0.15) is 0 Å². The summed E-state index contributed by atoms with van der Waals surface area (Å²) in [4.78, 5) is 29.5. The number of carbonyl (C=O) groups excluding carboxylic acids is 1. The molecule has 0 aliphatic rings. The first-order chi connectivity index (χ1) is 13.5. The summed E-state index contributed by atoms with van der Waals surface area (Å²) < 4.78 is 19.8. The molecule has 3 aromatic rings. The maximum atomic E-state index is 13.2. The highest BCUT2D eigenvalue weighted by Crippen LogP contribution is 2.21.